The van der Waals surface area contributed by atoms with Crippen molar-refractivity contribution in [1.29, 1.82) is 0 Å². The number of H-pyrrole nitrogens is 1. The van der Waals surface area contributed by atoms with Crippen LogP contribution >= 0.6 is 15.9 Å². The average Bonchev–Trinajstić information content (AvgIpc) is 3.15. The van der Waals surface area contributed by atoms with Crippen LogP contribution in [0.2, 0.25) is 0 Å². The fourth-order valence-corrected chi connectivity index (χ4v) is 3.81. The Hall–Kier alpha value is -2.40. The van der Waals surface area contributed by atoms with Crippen LogP contribution in [0.15, 0.2) is 53.0 Å². The molecule has 3 aromatic rings. The first-order chi connectivity index (χ1) is 12.5. The van der Waals surface area contributed by atoms with E-state index in [-0.39, 0.29) is 11.9 Å². The summed E-state index contributed by atoms with van der Waals surface area (Å²) in [6.45, 7) is 6.33. The van der Waals surface area contributed by atoms with Gasteiger partial charge in [-0.05, 0) is 48.2 Å². The summed E-state index contributed by atoms with van der Waals surface area (Å²) < 4.78 is 0.986. The number of hydrogen-bond donors (Lipinski definition) is 1. The third-order valence-electron chi connectivity index (χ3n) is 4.97. The van der Waals surface area contributed by atoms with Gasteiger partial charge in [0.05, 0.1) is 6.04 Å². The number of nitrogens with zero attached hydrogens (tertiary/aromatic N) is 2. The highest BCUT2D eigenvalue weighted by atomic mass is 79.9. The average molecular weight is 410 g/mol. The van der Waals surface area contributed by atoms with Crippen LogP contribution in [-0.4, -0.2) is 16.1 Å². The van der Waals surface area contributed by atoms with Crippen LogP contribution in [-0.2, 0) is 0 Å². The number of aromatic amines is 1. The minimum absolute atomic E-state index is 0.0652. The highest BCUT2D eigenvalue weighted by Gasteiger charge is 2.42. The number of carbonyl (C=O) groups excluding carboxylic acids is 1. The Bertz CT molecular complexity index is 958. The Morgan fingerprint density at radius 2 is 1.73 bits per heavy atom. The number of nitrogens with one attached hydrogen (secondary N) is 1. The fourth-order valence-electron chi connectivity index (χ4n) is 3.54. The SMILES string of the molecule is Cc1[nH]nc2c1[C@@H](c1ccc(C(C)C)cc1)N(c1ccc(Br)cc1)C2=O. The van der Waals surface area contributed by atoms with Crippen molar-refractivity contribution in [3.8, 4) is 0 Å². The summed E-state index contributed by atoms with van der Waals surface area (Å²) in [5.41, 5.74) is 5.67. The summed E-state index contributed by atoms with van der Waals surface area (Å²) in [5.74, 6) is 0.410. The molecule has 2 heterocycles. The van der Waals surface area contributed by atoms with E-state index in [1.54, 1.807) is 0 Å². The van der Waals surface area contributed by atoms with Crippen molar-refractivity contribution in [2.45, 2.75) is 32.7 Å². The van der Waals surface area contributed by atoms with E-state index < -0.39 is 0 Å². The molecular formula is C21H20BrN3O. The fraction of sp³-hybridized carbons (Fsp3) is 0.238. The molecule has 132 valence electrons. The molecule has 1 aromatic heterocycles. The standard InChI is InChI=1S/C21H20BrN3O/c1-12(2)14-4-6-15(7-5-14)20-18-13(3)23-24-19(18)21(26)25(20)17-10-8-16(22)9-11-17/h4-12,20H,1-3H3,(H,23,24)/t20-/m1/s1. The Labute approximate surface area is 161 Å². The number of benzene rings is 2. The van der Waals surface area contributed by atoms with E-state index in [1.807, 2.05) is 36.1 Å². The molecule has 0 fully saturated rings. The van der Waals surface area contributed by atoms with Gasteiger partial charge in [0, 0.05) is 21.4 Å². The minimum Gasteiger partial charge on any atom is -0.295 e. The van der Waals surface area contributed by atoms with Crippen molar-refractivity contribution in [2.24, 2.45) is 0 Å². The van der Waals surface area contributed by atoms with Crippen LogP contribution in [0.1, 0.15) is 58.7 Å². The first-order valence-corrected chi connectivity index (χ1v) is 9.50. The van der Waals surface area contributed by atoms with E-state index in [9.17, 15) is 4.79 Å². The zero-order valence-electron chi connectivity index (χ0n) is 15.0. The lowest BCUT2D eigenvalue weighted by molar-refractivity contribution is 0.0988. The predicted octanol–water partition coefficient (Wildman–Crippen LogP) is 5.35. The number of fused-ring (bicyclic) bond motifs is 1. The number of halogens is 1. The second kappa shape index (κ2) is 6.40. The molecule has 4 nitrogen and oxygen atoms in total. The van der Waals surface area contributed by atoms with Gasteiger partial charge < -0.3 is 0 Å². The molecule has 5 heteroatoms. The van der Waals surface area contributed by atoms with Crippen molar-refractivity contribution >= 4 is 27.5 Å². The number of rotatable bonds is 3. The van der Waals surface area contributed by atoms with Gasteiger partial charge in [0.15, 0.2) is 5.69 Å². The number of anilines is 1. The molecule has 0 saturated heterocycles. The zero-order chi connectivity index (χ0) is 18.4. The molecule has 0 radical (unpaired) electrons. The van der Waals surface area contributed by atoms with Gasteiger partial charge in [0.25, 0.3) is 5.91 Å². The Balaban J connectivity index is 1.85. The van der Waals surface area contributed by atoms with Crippen LogP contribution in [0.4, 0.5) is 5.69 Å². The van der Waals surface area contributed by atoms with E-state index in [2.05, 4.69) is 64.2 Å². The lowest BCUT2D eigenvalue weighted by atomic mass is 9.95. The Morgan fingerprint density at radius 1 is 1.08 bits per heavy atom. The number of aryl methyl sites for hydroxylation is 1. The van der Waals surface area contributed by atoms with E-state index in [0.29, 0.717) is 11.6 Å². The Morgan fingerprint density at radius 3 is 2.35 bits per heavy atom. The van der Waals surface area contributed by atoms with E-state index in [1.165, 1.54) is 5.56 Å². The molecule has 2 aromatic carbocycles. The third kappa shape index (κ3) is 2.67. The molecule has 0 unspecified atom stereocenters. The smallest absolute Gasteiger partial charge is 0.279 e. The van der Waals surface area contributed by atoms with Crippen LogP contribution < -0.4 is 4.90 Å². The molecular weight excluding hydrogens is 390 g/mol. The van der Waals surface area contributed by atoms with Crippen LogP contribution in [0.5, 0.6) is 0 Å². The summed E-state index contributed by atoms with van der Waals surface area (Å²) in [6, 6.07) is 16.2. The molecule has 0 spiro atoms. The normalized spacial score (nSPS) is 16.4. The number of carbonyl (C=O) groups is 1. The first-order valence-electron chi connectivity index (χ1n) is 8.71. The molecule has 1 N–H and O–H groups in total. The lowest BCUT2D eigenvalue weighted by Crippen LogP contribution is -2.29. The number of amides is 1. The van der Waals surface area contributed by atoms with Crippen LogP contribution in [0.3, 0.4) is 0 Å². The summed E-state index contributed by atoms with van der Waals surface area (Å²) >= 11 is 3.46. The molecule has 0 aliphatic carbocycles. The summed E-state index contributed by atoms with van der Waals surface area (Å²) in [5, 5.41) is 7.24. The van der Waals surface area contributed by atoms with Gasteiger partial charge in [-0.2, -0.15) is 5.10 Å². The van der Waals surface area contributed by atoms with Gasteiger partial charge >= 0.3 is 0 Å². The van der Waals surface area contributed by atoms with Crippen molar-refractivity contribution in [2.75, 3.05) is 4.90 Å². The quantitative estimate of drug-likeness (QED) is 0.633. The van der Waals surface area contributed by atoms with E-state index >= 15 is 0 Å². The molecule has 1 atom stereocenters. The van der Waals surface area contributed by atoms with E-state index in [0.717, 1.165) is 27.0 Å². The van der Waals surface area contributed by atoms with Gasteiger partial charge in [0.2, 0.25) is 0 Å². The molecule has 1 amide bonds. The summed E-state index contributed by atoms with van der Waals surface area (Å²) in [6.07, 6.45) is 0. The van der Waals surface area contributed by atoms with E-state index in [4.69, 9.17) is 0 Å². The predicted molar refractivity (Wildman–Crippen MR) is 107 cm³/mol. The molecule has 0 saturated carbocycles. The van der Waals surface area contributed by atoms with Gasteiger partial charge in [-0.3, -0.25) is 14.8 Å². The first kappa shape index (κ1) is 17.0. The third-order valence-corrected chi connectivity index (χ3v) is 5.50. The monoisotopic (exact) mass is 409 g/mol. The Kier molecular flexibility index (Phi) is 4.19. The van der Waals surface area contributed by atoms with Crippen LogP contribution in [0.25, 0.3) is 0 Å². The molecule has 26 heavy (non-hydrogen) atoms. The second-order valence-electron chi connectivity index (χ2n) is 6.99. The van der Waals surface area contributed by atoms with Crippen molar-refractivity contribution < 1.29 is 4.79 Å². The van der Waals surface area contributed by atoms with Crippen LogP contribution in [0, 0.1) is 6.92 Å². The molecule has 0 bridgehead atoms. The van der Waals surface area contributed by atoms with Gasteiger partial charge in [-0.25, -0.2) is 0 Å². The number of aromatic nitrogens is 2. The number of hydrogen-bond acceptors (Lipinski definition) is 2. The summed E-state index contributed by atoms with van der Waals surface area (Å²) in [7, 11) is 0. The van der Waals surface area contributed by atoms with Crippen molar-refractivity contribution in [1.82, 2.24) is 10.2 Å². The van der Waals surface area contributed by atoms with Crippen molar-refractivity contribution in [3.05, 3.63) is 81.1 Å². The largest absolute Gasteiger partial charge is 0.295 e. The van der Waals surface area contributed by atoms with Gasteiger partial charge in [-0.15, -0.1) is 0 Å². The maximum Gasteiger partial charge on any atom is 0.279 e. The van der Waals surface area contributed by atoms with Gasteiger partial charge in [0.1, 0.15) is 0 Å². The lowest BCUT2D eigenvalue weighted by Gasteiger charge is -2.26. The minimum atomic E-state index is -0.168. The topological polar surface area (TPSA) is 49.0 Å². The highest BCUT2D eigenvalue weighted by Crippen LogP contribution is 2.42. The molecule has 1 aliphatic rings. The molecule has 1 aliphatic heterocycles. The maximum absolute atomic E-state index is 13.1. The van der Waals surface area contributed by atoms with Gasteiger partial charge in [-0.1, -0.05) is 54.0 Å². The van der Waals surface area contributed by atoms with Crippen molar-refractivity contribution in [3.63, 3.8) is 0 Å². The summed E-state index contributed by atoms with van der Waals surface area (Å²) in [4.78, 5) is 14.9. The maximum atomic E-state index is 13.1. The second-order valence-corrected chi connectivity index (χ2v) is 7.90. The zero-order valence-corrected chi connectivity index (χ0v) is 16.5. The highest BCUT2D eigenvalue weighted by molar-refractivity contribution is 9.10. The molecule has 4 rings (SSSR count).